The van der Waals surface area contributed by atoms with Crippen molar-refractivity contribution in [3.8, 4) is 0 Å². The van der Waals surface area contributed by atoms with Crippen molar-refractivity contribution < 1.29 is 4.79 Å². The van der Waals surface area contributed by atoms with Gasteiger partial charge in [0, 0.05) is 25.5 Å². The molecule has 1 aromatic heterocycles. The molecular formula is C18H24ClN3O. The zero-order valence-electron chi connectivity index (χ0n) is 13.8. The summed E-state index contributed by atoms with van der Waals surface area (Å²) >= 11 is 5.93. The SMILES string of the molecule is CC(C)(CCl)C(=O)N1CCC(Cn2cnc3ccccc32)CC1. The minimum absolute atomic E-state index is 0.180. The lowest BCUT2D eigenvalue weighted by Gasteiger charge is -2.36. The van der Waals surface area contributed by atoms with Crippen molar-refractivity contribution in [2.75, 3.05) is 19.0 Å². The van der Waals surface area contributed by atoms with Gasteiger partial charge in [0.25, 0.3) is 0 Å². The van der Waals surface area contributed by atoms with Crippen molar-refractivity contribution in [3.63, 3.8) is 0 Å². The summed E-state index contributed by atoms with van der Waals surface area (Å²) in [6, 6.07) is 8.23. The number of benzene rings is 1. The van der Waals surface area contributed by atoms with E-state index in [9.17, 15) is 4.79 Å². The molecule has 1 aliphatic heterocycles. The number of amides is 1. The average molecular weight is 334 g/mol. The number of hydrogen-bond acceptors (Lipinski definition) is 2. The van der Waals surface area contributed by atoms with Crippen LogP contribution in [-0.2, 0) is 11.3 Å². The summed E-state index contributed by atoms with van der Waals surface area (Å²) in [6.45, 7) is 6.48. The van der Waals surface area contributed by atoms with Gasteiger partial charge in [-0.05, 0) is 44.7 Å². The van der Waals surface area contributed by atoms with E-state index in [1.165, 1.54) is 5.52 Å². The van der Waals surface area contributed by atoms with Gasteiger partial charge in [-0.15, -0.1) is 11.6 Å². The van der Waals surface area contributed by atoms with Gasteiger partial charge in [-0.3, -0.25) is 4.79 Å². The molecule has 1 aromatic carbocycles. The van der Waals surface area contributed by atoms with E-state index in [0.717, 1.165) is 38.0 Å². The van der Waals surface area contributed by atoms with E-state index < -0.39 is 5.41 Å². The van der Waals surface area contributed by atoms with Gasteiger partial charge < -0.3 is 9.47 Å². The number of hydrogen-bond donors (Lipinski definition) is 0. The molecule has 0 radical (unpaired) electrons. The topological polar surface area (TPSA) is 38.1 Å². The van der Waals surface area contributed by atoms with Gasteiger partial charge in [-0.1, -0.05) is 12.1 Å². The quantitative estimate of drug-likeness (QED) is 0.803. The maximum absolute atomic E-state index is 12.5. The third kappa shape index (κ3) is 3.37. The van der Waals surface area contributed by atoms with Crippen molar-refractivity contribution >= 4 is 28.5 Å². The molecule has 1 aliphatic rings. The fourth-order valence-electron chi connectivity index (χ4n) is 3.24. The van der Waals surface area contributed by atoms with Gasteiger partial charge in [0.2, 0.25) is 5.91 Å². The van der Waals surface area contributed by atoms with Crippen LogP contribution in [0, 0.1) is 11.3 Å². The number of aromatic nitrogens is 2. The summed E-state index contributed by atoms with van der Waals surface area (Å²) in [5.41, 5.74) is 1.77. The number of rotatable bonds is 4. The number of nitrogens with zero attached hydrogens (tertiary/aromatic N) is 3. The Hall–Kier alpha value is -1.55. The highest BCUT2D eigenvalue weighted by molar-refractivity contribution is 6.19. The molecule has 3 rings (SSSR count). The third-order valence-electron chi connectivity index (χ3n) is 4.80. The van der Waals surface area contributed by atoms with E-state index in [1.54, 1.807) is 0 Å². The zero-order chi connectivity index (χ0) is 16.4. The highest BCUT2D eigenvalue weighted by atomic mass is 35.5. The van der Waals surface area contributed by atoms with Crippen LogP contribution in [0.4, 0.5) is 0 Å². The van der Waals surface area contributed by atoms with Crippen LogP contribution < -0.4 is 0 Å². The van der Waals surface area contributed by atoms with Crippen LogP contribution in [0.25, 0.3) is 11.0 Å². The molecule has 23 heavy (non-hydrogen) atoms. The van der Waals surface area contributed by atoms with Crippen LogP contribution >= 0.6 is 11.6 Å². The predicted molar refractivity (Wildman–Crippen MR) is 93.5 cm³/mol. The summed E-state index contributed by atoms with van der Waals surface area (Å²) in [7, 11) is 0. The van der Waals surface area contributed by atoms with Crippen LogP contribution in [0.5, 0.6) is 0 Å². The number of alkyl halides is 1. The Kier molecular flexibility index (Phi) is 4.62. The number of fused-ring (bicyclic) bond motifs is 1. The van der Waals surface area contributed by atoms with E-state index in [4.69, 9.17) is 11.6 Å². The fraction of sp³-hybridized carbons (Fsp3) is 0.556. The van der Waals surface area contributed by atoms with Gasteiger partial charge in [0.15, 0.2) is 0 Å². The van der Waals surface area contributed by atoms with Gasteiger partial charge in [0.05, 0.1) is 22.8 Å². The first-order valence-corrected chi connectivity index (χ1v) is 8.80. The molecule has 2 aromatic rings. The van der Waals surface area contributed by atoms with Gasteiger partial charge in [-0.2, -0.15) is 0 Å². The standard InChI is InChI=1S/C18H24ClN3O/c1-18(2,12-19)17(23)21-9-7-14(8-10-21)11-22-13-20-15-5-3-4-6-16(15)22/h3-6,13-14H,7-12H2,1-2H3. The highest BCUT2D eigenvalue weighted by Gasteiger charge is 2.33. The molecule has 0 saturated carbocycles. The van der Waals surface area contributed by atoms with E-state index >= 15 is 0 Å². The predicted octanol–water partition coefficient (Wildman–Crippen LogP) is 3.54. The molecule has 0 aliphatic carbocycles. The maximum atomic E-state index is 12.5. The molecule has 1 amide bonds. The van der Waals surface area contributed by atoms with Crippen LogP contribution in [-0.4, -0.2) is 39.3 Å². The lowest BCUT2D eigenvalue weighted by molar-refractivity contribution is -0.140. The lowest BCUT2D eigenvalue weighted by atomic mass is 9.91. The minimum Gasteiger partial charge on any atom is -0.342 e. The normalized spacial score (nSPS) is 16.9. The van der Waals surface area contributed by atoms with Gasteiger partial charge >= 0.3 is 0 Å². The highest BCUT2D eigenvalue weighted by Crippen LogP contribution is 2.26. The molecule has 124 valence electrons. The lowest BCUT2D eigenvalue weighted by Crippen LogP contribution is -2.46. The Morgan fingerprint density at radius 2 is 2.00 bits per heavy atom. The first-order chi connectivity index (χ1) is 11.0. The minimum atomic E-state index is -0.463. The molecular weight excluding hydrogens is 310 g/mol. The van der Waals surface area contributed by atoms with Crippen molar-refractivity contribution in [3.05, 3.63) is 30.6 Å². The average Bonchev–Trinajstić information content (AvgIpc) is 2.98. The number of carbonyl (C=O) groups excluding carboxylic acids is 1. The fourth-order valence-corrected chi connectivity index (χ4v) is 3.35. The molecule has 1 saturated heterocycles. The Morgan fingerprint density at radius 1 is 1.30 bits per heavy atom. The molecule has 0 bridgehead atoms. The Labute approximate surface area is 142 Å². The third-order valence-corrected chi connectivity index (χ3v) is 5.47. The van der Waals surface area contributed by atoms with E-state index in [0.29, 0.717) is 11.8 Å². The number of piperidine rings is 1. The maximum Gasteiger partial charge on any atom is 0.229 e. The summed E-state index contributed by atoms with van der Waals surface area (Å²) in [4.78, 5) is 18.9. The Bertz CT molecular complexity index is 686. The molecule has 5 heteroatoms. The van der Waals surface area contributed by atoms with Gasteiger partial charge in [-0.25, -0.2) is 4.98 Å². The second-order valence-electron chi connectivity index (χ2n) is 7.14. The first kappa shape index (κ1) is 16.3. The number of para-hydroxylation sites is 2. The smallest absolute Gasteiger partial charge is 0.229 e. The van der Waals surface area contributed by atoms with Crippen LogP contribution in [0.3, 0.4) is 0 Å². The molecule has 2 heterocycles. The van der Waals surface area contributed by atoms with Crippen LogP contribution in [0.2, 0.25) is 0 Å². The molecule has 0 unspecified atom stereocenters. The number of imidazole rings is 1. The summed E-state index contributed by atoms with van der Waals surface area (Å²) < 4.78 is 2.24. The number of likely N-dealkylation sites (tertiary alicyclic amines) is 1. The number of carbonyl (C=O) groups is 1. The zero-order valence-corrected chi connectivity index (χ0v) is 14.6. The second kappa shape index (κ2) is 6.52. The summed E-state index contributed by atoms with van der Waals surface area (Å²) in [5, 5.41) is 0. The van der Waals surface area contributed by atoms with E-state index in [2.05, 4.69) is 21.7 Å². The second-order valence-corrected chi connectivity index (χ2v) is 7.41. The first-order valence-electron chi connectivity index (χ1n) is 8.26. The van der Waals surface area contributed by atoms with Crippen LogP contribution in [0.1, 0.15) is 26.7 Å². The molecule has 4 nitrogen and oxygen atoms in total. The van der Waals surface area contributed by atoms with Crippen molar-refractivity contribution in [2.45, 2.75) is 33.2 Å². The van der Waals surface area contributed by atoms with Crippen molar-refractivity contribution in [2.24, 2.45) is 11.3 Å². The molecule has 1 fully saturated rings. The summed E-state index contributed by atoms with van der Waals surface area (Å²) in [6.07, 6.45) is 4.01. The number of halogens is 1. The van der Waals surface area contributed by atoms with E-state index in [1.807, 2.05) is 37.2 Å². The Balaban J connectivity index is 1.60. The van der Waals surface area contributed by atoms with Crippen molar-refractivity contribution in [1.82, 2.24) is 14.5 Å². The van der Waals surface area contributed by atoms with Gasteiger partial charge in [0.1, 0.15) is 0 Å². The van der Waals surface area contributed by atoms with Crippen molar-refractivity contribution in [1.29, 1.82) is 0 Å². The molecule has 0 N–H and O–H groups in total. The Morgan fingerprint density at radius 3 is 2.70 bits per heavy atom. The largest absolute Gasteiger partial charge is 0.342 e. The van der Waals surface area contributed by atoms with Crippen LogP contribution in [0.15, 0.2) is 30.6 Å². The monoisotopic (exact) mass is 333 g/mol. The van der Waals surface area contributed by atoms with E-state index in [-0.39, 0.29) is 5.91 Å². The molecule has 0 atom stereocenters. The molecule has 0 spiro atoms. The summed E-state index contributed by atoms with van der Waals surface area (Å²) in [5.74, 6) is 1.14.